The van der Waals surface area contributed by atoms with E-state index in [0.29, 0.717) is 18.8 Å². The average Bonchev–Trinajstić information content (AvgIpc) is 2.29. The van der Waals surface area contributed by atoms with Gasteiger partial charge in [0.05, 0.1) is 0 Å². The largest absolute Gasteiger partial charge is 0.367 e. The molecule has 1 rings (SSSR count). The Morgan fingerprint density at radius 2 is 2.19 bits per heavy atom. The molecule has 0 atom stereocenters. The zero-order valence-corrected chi connectivity index (χ0v) is 9.27. The molecule has 84 valence electrons. The van der Waals surface area contributed by atoms with Crippen molar-refractivity contribution >= 4 is 11.7 Å². The fourth-order valence-electron chi connectivity index (χ4n) is 1.06. The van der Waals surface area contributed by atoms with Crippen LogP contribution in [-0.2, 0) is 4.79 Å². The number of carbonyl (C=O) groups is 1. The molecule has 0 aliphatic rings. The molecule has 0 unspecified atom stereocenters. The number of anilines is 1. The Morgan fingerprint density at radius 3 is 2.81 bits per heavy atom. The molecule has 0 aliphatic heterocycles. The maximum Gasteiger partial charge on any atom is 0.223 e. The second-order valence-electron chi connectivity index (χ2n) is 3.33. The molecule has 0 bridgehead atoms. The van der Waals surface area contributed by atoms with Crippen molar-refractivity contribution in [3.05, 3.63) is 18.1 Å². The number of aromatic nitrogens is 2. The van der Waals surface area contributed by atoms with Gasteiger partial charge in [0.15, 0.2) is 11.5 Å². The lowest BCUT2D eigenvalue weighted by Crippen LogP contribution is -2.24. The van der Waals surface area contributed by atoms with Crippen LogP contribution in [0.1, 0.15) is 12.1 Å². The molecule has 0 radical (unpaired) electrons. The fourth-order valence-corrected chi connectivity index (χ4v) is 1.06. The first kappa shape index (κ1) is 11.9. The number of amides is 1. The monoisotopic (exact) mass is 219 g/mol. The van der Waals surface area contributed by atoms with Crippen LogP contribution in [-0.4, -0.2) is 41.4 Å². The second kappa shape index (κ2) is 5.66. The van der Waals surface area contributed by atoms with Crippen molar-refractivity contribution in [3.63, 3.8) is 0 Å². The Bertz CT molecular complexity index is 410. The summed E-state index contributed by atoms with van der Waals surface area (Å²) in [6, 6.07) is 1.93. The molecule has 16 heavy (non-hydrogen) atoms. The highest BCUT2D eigenvalue weighted by Gasteiger charge is 2.06. The molecule has 0 aromatic carbocycles. The van der Waals surface area contributed by atoms with Crippen LogP contribution in [0.3, 0.4) is 0 Å². The molecule has 6 heteroatoms. The lowest BCUT2D eigenvalue weighted by Gasteiger charge is -2.10. The highest BCUT2D eigenvalue weighted by atomic mass is 16.2. The summed E-state index contributed by atoms with van der Waals surface area (Å²) < 4.78 is 0. The molecule has 0 saturated carbocycles. The Morgan fingerprint density at radius 1 is 1.50 bits per heavy atom. The van der Waals surface area contributed by atoms with Crippen LogP contribution in [0.25, 0.3) is 0 Å². The van der Waals surface area contributed by atoms with Crippen molar-refractivity contribution in [2.24, 2.45) is 0 Å². The molecule has 1 aromatic rings. The minimum Gasteiger partial charge on any atom is -0.367 e. The highest BCUT2D eigenvalue weighted by Crippen LogP contribution is 2.05. The van der Waals surface area contributed by atoms with Gasteiger partial charge in [-0.3, -0.25) is 4.79 Å². The zero-order valence-electron chi connectivity index (χ0n) is 9.27. The highest BCUT2D eigenvalue weighted by molar-refractivity contribution is 5.76. The molecule has 1 aromatic heterocycles. The Balaban J connectivity index is 2.50. The SMILES string of the molecule is CN(C)C(=O)CCNc1nccnc1C#N. The number of hydrogen-bond donors (Lipinski definition) is 1. The van der Waals surface area contributed by atoms with Gasteiger partial charge < -0.3 is 10.2 Å². The number of rotatable bonds is 4. The summed E-state index contributed by atoms with van der Waals surface area (Å²) in [4.78, 5) is 20.6. The van der Waals surface area contributed by atoms with Gasteiger partial charge >= 0.3 is 0 Å². The number of nitrogens with one attached hydrogen (secondary N) is 1. The summed E-state index contributed by atoms with van der Waals surface area (Å²) >= 11 is 0. The lowest BCUT2D eigenvalue weighted by molar-refractivity contribution is -0.128. The smallest absolute Gasteiger partial charge is 0.223 e. The van der Waals surface area contributed by atoms with Gasteiger partial charge in [0.2, 0.25) is 5.91 Å². The van der Waals surface area contributed by atoms with Gasteiger partial charge in [-0.05, 0) is 0 Å². The molecule has 0 saturated heterocycles. The van der Waals surface area contributed by atoms with Crippen LogP contribution < -0.4 is 5.32 Å². The van der Waals surface area contributed by atoms with Crippen molar-refractivity contribution in [2.75, 3.05) is 26.0 Å². The van der Waals surface area contributed by atoms with Crippen molar-refractivity contribution in [3.8, 4) is 6.07 Å². The van der Waals surface area contributed by atoms with Gasteiger partial charge in [-0.2, -0.15) is 5.26 Å². The maximum atomic E-state index is 11.3. The van der Waals surface area contributed by atoms with Gasteiger partial charge in [-0.15, -0.1) is 0 Å². The van der Waals surface area contributed by atoms with Gasteiger partial charge in [-0.1, -0.05) is 0 Å². The quantitative estimate of drug-likeness (QED) is 0.784. The van der Waals surface area contributed by atoms with Gasteiger partial charge in [0.25, 0.3) is 0 Å². The fraction of sp³-hybridized carbons (Fsp3) is 0.400. The van der Waals surface area contributed by atoms with Crippen molar-refractivity contribution in [1.29, 1.82) is 5.26 Å². The molecule has 1 heterocycles. The van der Waals surface area contributed by atoms with Crippen LogP contribution >= 0.6 is 0 Å². The number of hydrogen-bond acceptors (Lipinski definition) is 5. The normalized spacial score (nSPS) is 9.31. The zero-order chi connectivity index (χ0) is 12.0. The van der Waals surface area contributed by atoms with Crippen LogP contribution in [0.2, 0.25) is 0 Å². The first-order chi connectivity index (χ1) is 7.65. The summed E-state index contributed by atoms with van der Waals surface area (Å²) in [5.74, 6) is 0.437. The van der Waals surface area contributed by atoms with Gasteiger partial charge in [0.1, 0.15) is 6.07 Å². The van der Waals surface area contributed by atoms with Gasteiger partial charge in [-0.25, -0.2) is 9.97 Å². The summed E-state index contributed by atoms with van der Waals surface area (Å²) in [5, 5.41) is 11.7. The van der Waals surface area contributed by atoms with Crippen LogP contribution in [0.4, 0.5) is 5.82 Å². The molecule has 0 fully saturated rings. The van der Waals surface area contributed by atoms with E-state index in [1.807, 2.05) is 6.07 Å². The van der Waals surface area contributed by atoms with E-state index in [4.69, 9.17) is 5.26 Å². The number of nitrogens with zero attached hydrogens (tertiary/aromatic N) is 4. The molecule has 6 nitrogen and oxygen atoms in total. The van der Waals surface area contributed by atoms with E-state index in [0.717, 1.165) is 0 Å². The first-order valence-corrected chi connectivity index (χ1v) is 4.80. The molecule has 0 spiro atoms. The van der Waals surface area contributed by atoms with Crippen molar-refractivity contribution in [1.82, 2.24) is 14.9 Å². The molecule has 1 N–H and O–H groups in total. The van der Waals surface area contributed by atoms with E-state index in [9.17, 15) is 4.79 Å². The third-order valence-electron chi connectivity index (χ3n) is 1.93. The van der Waals surface area contributed by atoms with Crippen LogP contribution in [0, 0.1) is 11.3 Å². The summed E-state index contributed by atoms with van der Waals surface area (Å²) in [5.41, 5.74) is 0.236. The Kier molecular flexibility index (Phi) is 4.21. The minimum atomic E-state index is 0.0231. The third kappa shape index (κ3) is 3.20. The van der Waals surface area contributed by atoms with E-state index in [-0.39, 0.29) is 11.6 Å². The van der Waals surface area contributed by atoms with E-state index in [1.165, 1.54) is 17.3 Å². The topological polar surface area (TPSA) is 81.9 Å². The number of carbonyl (C=O) groups excluding carboxylic acids is 1. The molecule has 1 amide bonds. The second-order valence-corrected chi connectivity index (χ2v) is 3.33. The predicted molar refractivity (Wildman–Crippen MR) is 58.5 cm³/mol. The third-order valence-corrected chi connectivity index (χ3v) is 1.93. The summed E-state index contributed by atoms with van der Waals surface area (Å²) in [6.07, 6.45) is 3.31. The molecular formula is C10H13N5O. The Labute approximate surface area is 93.9 Å². The van der Waals surface area contributed by atoms with E-state index in [1.54, 1.807) is 14.1 Å². The Hall–Kier alpha value is -2.16. The van der Waals surface area contributed by atoms with Crippen molar-refractivity contribution < 1.29 is 4.79 Å². The predicted octanol–water partition coefficient (Wildman–Crippen LogP) is 0.238. The lowest BCUT2D eigenvalue weighted by atomic mass is 10.3. The number of nitriles is 1. The summed E-state index contributed by atoms with van der Waals surface area (Å²) in [7, 11) is 3.40. The minimum absolute atomic E-state index is 0.0231. The molecule has 0 aliphatic carbocycles. The molecular weight excluding hydrogens is 206 g/mol. The van der Waals surface area contributed by atoms with Crippen molar-refractivity contribution in [2.45, 2.75) is 6.42 Å². The van der Waals surface area contributed by atoms with Gasteiger partial charge in [0, 0.05) is 39.5 Å². The standard InChI is InChI=1S/C10H13N5O/c1-15(2)9(16)3-4-13-10-8(7-11)12-5-6-14-10/h5-6H,3-4H2,1-2H3,(H,13,14). The summed E-state index contributed by atoms with van der Waals surface area (Å²) in [6.45, 7) is 0.435. The van der Waals surface area contributed by atoms with E-state index < -0.39 is 0 Å². The van der Waals surface area contributed by atoms with E-state index >= 15 is 0 Å². The maximum absolute atomic E-state index is 11.3. The first-order valence-electron chi connectivity index (χ1n) is 4.80. The van der Waals surface area contributed by atoms with E-state index in [2.05, 4.69) is 15.3 Å². The van der Waals surface area contributed by atoms with Crippen LogP contribution in [0.5, 0.6) is 0 Å². The average molecular weight is 219 g/mol. The van der Waals surface area contributed by atoms with Crippen LogP contribution in [0.15, 0.2) is 12.4 Å².